The summed E-state index contributed by atoms with van der Waals surface area (Å²) in [6.45, 7) is 3.96. The van der Waals surface area contributed by atoms with Crippen molar-refractivity contribution >= 4 is 23.2 Å². The van der Waals surface area contributed by atoms with Crippen molar-refractivity contribution < 1.29 is 9.59 Å². The molecule has 1 aliphatic rings. The van der Waals surface area contributed by atoms with Gasteiger partial charge in [0.05, 0.1) is 23.5 Å². The molecule has 2 aromatic rings. The first-order chi connectivity index (χ1) is 12.0. The molecule has 2 atom stereocenters. The molecule has 1 saturated carbocycles. The number of hydrogen-bond donors (Lipinski definition) is 2. The summed E-state index contributed by atoms with van der Waals surface area (Å²) in [6, 6.07) is 14.5. The van der Waals surface area contributed by atoms with Gasteiger partial charge in [0.25, 0.3) is 0 Å². The Bertz CT molecular complexity index is 866. The summed E-state index contributed by atoms with van der Waals surface area (Å²) in [7, 11) is 0. The van der Waals surface area contributed by atoms with E-state index in [2.05, 4.69) is 10.6 Å². The largest absolute Gasteiger partial charge is 0.326 e. The normalized spacial score (nSPS) is 18.1. The SMILES string of the molecule is Cc1cccc(NC(=O)C2CC2C(=O)Nc2ccc(C#N)cc2)c1C. The molecule has 2 aromatic carbocycles. The second-order valence-corrected chi connectivity index (χ2v) is 6.36. The van der Waals surface area contributed by atoms with E-state index in [4.69, 9.17) is 5.26 Å². The van der Waals surface area contributed by atoms with Gasteiger partial charge in [-0.15, -0.1) is 0 Å². The second kappa shape index (κ2) is 6.78. The molecular formula is C20H19N3O2. The lowest BCUT2D eigenvalue weighted by atomic mass is 10.1. The molecule has 0 saturated heterocycles. The first kappa shape index (κ1) is 16.7. The van der Waals surface area contributed by atoms with E-state index in [1.54, 1.807) is 24.3 Å². The molecule has 5 nitrogen and oxygen atoms in total. The molecule has 0 radical (unpaired) electrons. The van der Waals surface area contributed by atoms with Crippen LogP contribution in [0, 0.1) is 37.0 Å². The van der Waals surface area contributed by atoms with Crippen LogP contribution >= 0.6 is 0 Å². The van der Waals surface area contributed by atoms with E-state index in [-0.39, 0.29) is 23.7 Å². The molecule has 1 aliphatic carbocycles. The number of hydrogen-bond acceptors (Lipinski definition) is 3. The molecule has 2 amide bonds. The van der Waals surface area contributed by atoms with Crippen LogP contribution in [0.3, 0.4) is 0 Å². The zero-order valence-corrected chi connectivity index (χ0v) is 14.2. The average Bonchev–Trinajstić information content (AvgIpc) is 3.40. The molecule has 5 heteroatoms. The Morgan fingerprint density at radius 2 is 1.64 bits per heavy atom. The summed E-state index contributed by atoms with van der Waals surface area (Å²) in [6.07, 6.45) is 0.554. The van der Waals surface area contributed by atoms with Gasteiger partial charge in [0.2, 0.25) is 11.8 Å². The summed E-state index contributed by atoms with van der Waals surface area (Å²) in [5, 5.41) is 14.5. The van der Waals surface area contributed by atoms with Crippen LogP contribution in [0.25, 0.3) is 0 Å². The summed E-state index contributed by atoms with van der Waals surface area (Å²) in [5.74, 6) is -0.876. The van der Waals surface area contributed by atoms with Gasteiger partial charge in [0.1, 0.15) is 0 Å². The Kier molecular flexibility index (Phi) is 4.53. The van der Waals surface area contributed by atoms with Gasteiger partial charge in [-0.2, -0.15) is 5.26 Å². The molecule has 0 heterocycles. The topological polar surface area (TPSA) is 82.0 Å². The van der Waals surface area contributed by atoms with Crippen LogP contribution in [0.15, 0.2) is 42.5 Å². The van der Waals surface area contributed by atoms with Gasteiger partial charge in [-0.25, -0.2) is 0 Å². The van der Waals surface area contributed by atoms with E-state index in [0.717, 1.165) is 16.8 Å². The molecule has 1 fully saturated rings. The van der Waals surface area contributed by atoms with Crippen LogP contribution in [0.2, 0.25) is 0 Å². The summed E-state index contributed by atoms with van der Waals surface area (Å²) in [4.78, 5) is 24.6. The maximum absolute atomic E-state index is 12.4. The molecule has 25 heavy (non-hydrogen) atoms. The van der Waals surface area contributed by atoms with Crippen molar-refractivity contribution in [3.63, 3.8) is 0 Å². The number of nitrogens with zero attached hydrogens (tertiary/aromatic N) is 1. The third-order valence-electron chi connectivity index (χ3n) is 4.61. The minimum atomic E-state index is -0.305. The fourth-order valence-electron chi connectivity index (χ4n) is 2.75. The van der Waals surface area contributed by atoms with Gasteiger partial charge in [0.15, 0.2) is 0 Å². The van der Waals surface area contributed by atoms with E-state index in [0.29, 0.717) is 17.7 Å². The molecule has 126 valence electrons. The summed E-state index contributed by atoms with van der Waals surface area (Å²) >= 11 is 0. The van der Waals surface area contributed by atoms with Crippen LogP contribution in [0.5, 0.6) is 0 Å². The number of amides is 2. The van der Waals surface area contributed by atoms with Crippen molar-refractivity contribution in [2.75, 3.05) is 10.6 Å². The molecule has 2 N–H and O–H groups in total. The number of aryl methyl sites for hydroxylation is 1. The smallest absolute Gasteiger partial charge is 0.228 e. The molecule has 0 spiro atoms. The van der Waals surface area contributed by atoms with Crippen LogP contribution in [0.1, 0.15) is 23.1 Å². The minimum absolute atomic E-state index is 0.117. The molecule has 3 rings (SSSR count). The Labute approximate surface area is 146 Å². The van der Waals surface area contributed by atoms with E-state index in [1.807, 2.05) is 38.1 Å². The Morgan fingerprint density at radius 1 is 1.00 bits per heavy atom. The predicted octanol–water partition coefficient (Wildman–Crippen LogP) is 3.39. The number of carbonyl (C=O) groups is 2. The highest BCUT2D eigenvalue weighted by Crippen LogP contribution is 2.40. The average molecular weight is 333 g/mol. The van der Waals surface area contributed by atoms with Crippen LogP contribution < -0.4 is 10.6 Å². The number of nitrogens with one attached hydrogen (secondary N) is 2. The van der Waals surface area contributed by atoms with Crippen LogP contribution in [0.4, 0.5) is 11.4 Å². The van der Waals surface area contributed by atoms with Crippen molar-refractivity contribution in [3.05, 3.63) is 59.2 Å². The highest BCUT2D eigenvalue weighted by Gasteiger charge is 2.48. The van der Waals surface area contributed by atoms with E-state index in [1.165, 1.54) is 0 Å². The first-order valence-electron chi connectivity index (χ1n) is 8.17. The first-order valence-corrected chi connectivity index (χ1v) is 8.17. The van der Waals surface area contributed by atoms with Crippen LogP contribution in [-0.2, 0) is 9.59 Å². The van der Waals surface area contributed by atoms with Gasteiger partial charge in [-0.3, -0.25) is 9.59 Å². The maximum Gasteiger partial charge on any atom is 0.228 e. The number of benzene rings is 2. The Balaban J connectivity index is 1.58. The lowest BCUT2D eigenvalue weighted by Crippen LogP contribution is -2.21. The van der Waals surface area contributed by atoms with Crippen molar-refractivity contribution in [2.45, 2.75) is 20.3 Å². The van der Waals surface area contributed by atoms with Crippen molar-refractivity contribution in [1.82, 2.24) is 0 Å². The van der Waals surface area contributed by atoms with Gasteiger partial charge in [-0.05, 0) is 61.7 Å². The summed E-state index contributed by atoms with van der Waals surface area (Å²) < 4.78 is 0. The summed E-state index contributed by atoms with van der Waals surface area (Å²) in [5.41, 5.74) is 4.11. The fraction of sp³-hybridized carbons (Fsp3) is 0.250. The number of nitriles is 1. The number of carbonyl (C=O) groups excluding carboxylic acids is 2. The van der Waals surface area contributed by atoms with Crippen molar-refractivity contribution in [2.24, 2.45) is 11.8 Å². The highest BCUT2D eigenvalue weighted by molar-refractivity contribution is 6.03. The van der Waals surface area contributed by atoms with Gasteiger partial charge in [-0.1, -0.05) is 12.1 Å². The lowest BCUT2D eigenvalue weighted by molar-refractivity contribution is -0.122. The lowest BCUT2D eigenvalue weighted by Gasteiger charge is -2.10. The fourth-order valence-corrected chi connectivity index (χ4v) is 2.75. The number of rotatable bonds is 4. The van der Waals surface area contributed by atoms with Crippen molar-refractivity contribution in [1.29, 1.82) is 5.26 Å². The van der Waals surface area contributed by atoms with Crippen molar-refractivity contribution in [3.8, 4) is 6.07 Å². The van der Waals surface area contributed by atoms with Gasteiger partial charge >= 0.3 is 0 Å². The minimum Gasteiger partial charge on any atom is -0.326 e. The Morgan fingerprint density at radius 3 is 2.28 bits per heavy atom. The molecular weight excluding hydrogens is 314 g/mol. The monoisotopic (exact) mass is 333 g/mol. The molecule has 0 aliphatic heterocycles. The van der Waals surface area contributed by atoms with E-state index < -0.39 is 0 Å². The third kappa shape index (κ3) is 3.69. The molecule has 0 bridgehead atoms. The zero-order chi connectivity index (χ0) is 18.0. The standard InChI is InChI=1S/C20H19N3O2/c1-12-4-3-5-18(13(12)2)23-20(25)17-10-16(17)19(24)22-15-8-6-14(11-21)7-9-15/h3-9,16-17H,10H2,1-2H3,(H,22,24)(H,23,25). The van der Waals surface area contributed by atoms with Gasteiger partial charge < -0.3 is 10.6 Å². The molecule has 2 unspecified atom stereocenters. The van der Waals surface area contributed by atoms with E-state index >= 15 is 0 Å². The molecule has 0 aromatic heterocycles. The highest BCUT2D eigenvalue weighted by atomic mass is 16.2. The van der Waals surface area contributed by atoms with Crippen LogP contribution in [-0.4, -0.2) is 11.8 Å². The Hall–Kier alpha value is -3.13. The third-order valence-corrected chi connectivity index (χ3v) is 4.61. The second-order valence-electron chi connectivity index (χ2n) is 6.36. The van der Waals surface area contributed by atoms with Gasteiger partial charge in [0, 0.05) is 11.4 Å². The predicted molar refractivity (Wildman–Crippen MR) is 95.9 cm³/mol. The zero-order valence-electron chi connectivity index (χ0n) is 14.2. The maximum atomic E-state index is 12.4. The quantitative estimate of drug-likeness (QED) is 0.900. The van der Waals surface area contributed by atoms with E-state index in [9.17, 15) is 9.59 Å². The number of anilines is 2.